The minimum atomic E-state index is -4.38. The van der Waals surface area contributed by atoms with E-state index >= 15 is 0 Å². The molecular weight excluding hydrogens is 285 g/mol. The van der Waals surface area contributed by atoms with Gasteiger partial charge in [0.05, 0.1) is 5.56 Å². The Morgan fingerprint density at radius 2 is 1.86 bits per heavy atom. The normalized spacial score (nSPS) is 11.3. The van der Waals surface area contributed by atoms with E-state index < -0.39 is 11.7 Å². The second kappa shape index (κ2) is 5.96. The van der Waals surface area contributed by atoms with Gasteiger partial charge in [-0.25, -0.2) is 10.8 Å². The van der Waals surface area contributed by atoms with E-state index in [2.05, 4.69) is 15.4 Å². The molecule has 112 valence electrons. The lowest BCUT2D eigenvalue weighted by Crippen LogP contribution is -2.10. The lowest BCUT2D eigenvalue weighted by atomic mass is 10.2. The van der Waals surface area contributed by atoms with E-state index in [0.29, 0.717) is 18.1 Å². The summed E-state index contributed by atoms with van der Waals surface area (Å²) in [6.07, 6.45) is -3.81. The molecule has 1 heterocycles. The van der Waals surface area contributed by atoms with Gasteiger partial charge in [0.1, 0.15) is 17.4 Å². The molecule has 0 radical (unpaired) electrons. The summed E-state index contributed by atoms with van der Waals surface area (Å²) < 4.78 is 42.8. The van der Waals surface area contributed by atoms with E-state index in [1.165, 1.54) is 18.2 Å². The summed E-state index contributed by atoms with van der Waals surface area (Å²) in [5.41, 5.74) is 1.64. The van der Waals surface area contributed by atoms with E-state index in [9.17, 15) is 13.2 Å². The minimum Gasteiger partial charge on any atom is -0.439 e. The molecule has 0 aliphatic carbocycles. The van der Waals surface area contributed by atoms with Crippen LogP contribution in [-0.4, -0.2) is 9.97 Å². The highest BCUT2D eigenvalue weighted by Crippen LogP contribution is 2.31. The van der Waals surface area contributed by atoms with Crippen molar-refractivity contribution in [2.24, 2.45) is 5.84 Å². The molecule has 0 bridgehead atoms. The SMILES string of the molecule is CCc1nc(NN)cc(Oc2ccc(C(F)(F)F)cc2)n1. The highest BCUT2D eigenvalue weighted by Gasteiger charge is 2.30. The number of nitrogens with one attached hydrogen (secondary N) is 1. The average Bonchev–Trinajstić information content (AvgIpc) is 2.46. The van der Waals surface area contributed by atoms with Crippen molar-refractivity contribution in [3.8, 4) is 11.6 Å². The monoisotopic (exact) mass is 298 g/mol. The molecule has 8 heteroatoms. The van der Waals surface area contributed by atoms with Crippen LogP contribution in [0.2, 0.25) is 0 Å². The Kier molecular flexibility index (Phi) is 4.27. The summed E-state index contributed by atoms with van der Waals surface area (Å²) in [4.78, 5) is 8.20. The van der Waals surface area contributed by atoms with Crippen molar-refractivity contribution in [2.45, 2.75) is 19.5 Å². The van der Waals surface area contributed by atoms with Crippen molar-refractivity contribution in [1.82, 2.24) is 9.97 Å². The topological polar surface area (TPSA) is 73.1 Å². The van der Waals surface area contributed by atoms with Gasteiger partial charge in [-0.05, 0) is 24.3 Å². The maximum Gasteiger partial charge on any atom is 0.416 e. The number of anilines is 1. The molecule has 0 unspecified atom stereocenters. The van der Waals surface area contributed by atoms with E-state index in [4.69, 9.17) is 10.6 Å². The molecule has 0 atom stereocenters. The van der Waals surface area contributed by atoms with Gasteiger partial charge in [0.25, 0.3) is 0 Å². The maximum atomic E-state index is 12.5. The van der Waals surface area contributed by atoms with Crippen molar-refractivity contribution in [3.05, 3.63) is 41.7 Å². The van der Waals surface area contributed by atoms with Crippen LogP contribution in [0.15, 0.2) is 30.3 Å². The molecule has 21 heavy (non-hydrogen) atoms. The summed E-state index contributed by atoms with van der Waals surface area (Å²) in [5.74, 6) is 6.60. The molecule has 1 aromatic carbocycles. The zero-order valence-electron chi connectivity index (χ0n) is 11.1. The largest absolute Gasteiger partial charge is 0.439 e. The van der Waals surface area contributed by atoms with Gasteiger partial charge < -0.3 is 10.2 Å². The van der Waals surface area contributed by atoms with Crippen LogP contribution in [0.4, 0.5) is 19.0 Å². The van der Waals surface area contributed by atoms with Gasteiger partial charge in [0, 0.05) is 12.5 Å². The molecule has 0 fully saturated rings. The van der Waals surface area contributed by atoms with Crippen LogP contribution in [0.25, 0.3) is 0 Å². The first-order valence-electron chi connectivity index (χ1n) is 6.12. The number of hydrogen-bond acceptors (Lipinski definition) is 5. The Balaban J connectivity index is 2.22. The number of hydrazine groups is 1. The van der Waals surface area contributed by atoms with E-state index in [1.807, 2.05) is 6.92 Å². The Hall–Kier alpha value is -2.35. The molecule has 1 aromatic heterocycles. The van der Waals surface area contributed by atoms with Crippen LogP contribution in [0.3, 0.4) is 0 Å². The fourth-order valence-corrected chi connectivity index (χ4v) is 1.59. The van der Waals surface area contributed by atoms with Crippen LogP contribution in [0, 0.1) is 0 Å². The number of alkyl halides is 3. The van der Waals surface area contributed by atoms with Crippen molar-refractivity contribution >= 4 is 5.82 Å². The molecule has 0 saturated carbocycles. The summed E-state index contributed by atoms with van der Waals surface area (Å²) in [6.45, 7) is 1.86. The quantitative estimate of drug-likeness (QED) is 0.670. The first kappa shape index (κ1) is 15.0. The highest BCUT2D eigenvalue weighted by molar-refractivity contribution is 5.39. The van der Waals surface area contributed by atoms with Gasteiger partial charge in [-0.1, -0.05) is 6.92 Å². The summed E-state index contributed by atoms with van der Waals surface area (Å²) >= 11 is 0. The molecule has 3 N–H and O–H groups in total. The molecule has 2 aromatic rings. The molecule has 0 amide bonds. The number of nitrogens with two attached hydrogens (primary N) is 1. The minimum absolute atomic E-state index is 0.203. The second-order valence-corrected chi connectivity index (χ2v) is 4.13. The number of aryl methyl sites for hydroxylation is 1. The zero-order chi connectivity index (χ0) is 15.5. The van der Waals surface area contributed by atoms with Crippen LogP contribution in [-0.2, 0) is 12.6 Å². The molecule has 0 aliphatic rings. The standard InChI is InChI=1S/C13H13F3N4O/c1-2-10-18-11(20-17)7-12(19-10)21-9-5-3-8(4-6-9)13(14,15)16/h3-7H,2,17H2,1H3,(H,18,19,20). The number of benzene rings is 1. The number of hydrogen-bond donors (Lipinski definition) is 2. The number of halogens is 3. The van der Waals surface area contributed by atoms with Crippen LogP contribution < -0.4 is 16.0 Å². The number of aromatic nitrogens is 2. The fraction of sp³-hybridized carbons (Fsp3) is 0.231. The summed E-state index contributed by atoms with van der Waals surface area (Å²) in [6, 6.07) is 5.80. The lowest BCUT2D eigenvalue weighted by Gasteiger charge is -2.10. The predicted octanol–water partition coefficient (Wildman–Crippen LogP) is 3.14. The van der Waals surface area contributed by atoms with Gasteiger partial charge in [0.15, 0.2) is 0 Å². The third-order valence-corrected chi connectivity index (χ3v) is 2.62. The molecule has 0 spiro atoms. The van der Waals surface area contributed by atoms with Crippen molar-refractivity contribution in [1.29, 1.82) is 0 Å². The predicted molar refractivity (Wildman–Crippen MR) is 70.7 cm³/mol. The first-order valence-corrected chi connectivity index (χ1v) is 6.12. The highest BCUT2D eigenvalue weighted by atomic mass is 19.4. The van der Waals surface area contributed by atoms with E-state index in [0.717, 1.165) is 12.1 Å². The smallest absolute Gasteiger partial charge is 0.416 e. The number of nitrogens with zero attached hydrogens (tertiary/aromatic N) is 2. The third-order valence-electron chi connectivity index (χ3n) is 2.62. The van der Waals surface area contributed by atoms with Gasteiger partial charge in [-0.3, -0.25) is 0 Å². The Bertz CT molecular complexity index is 592. The molecular formula is C13H13F3N4O. The number of rotatable bonds is 4. The van der Waals surface area contributed by atoms with Gasteiger partial charge in [0.2, 0.25) is 5.88 Å². The fourth-order valence-electron chi connectivity index (χ4n) is 1.59. The van der Waals surface area contributed by atoms with Crippen molar-refractivity contribution < 1.29 is 17.9 Å². The van der Waals surface area contributed by atoms with Crippen molar-refractivity contribution in [3.63, 3.8) is 0 Å². The Morgan fingerprint density at radius 3 is 2.38 bits per heavy atom. The van der Waals surface area contributed by atoms with Gasteiger partial charge >= 0.3 is 6.18 Å². The zero-order valence-corrected chi connectivity index (χ0v) is 11.1. The van der Waals surface area contributed by atoms with Crippen LogP contribution in [0.5, 0.6) is 11.6 Å². The summed E-state index contributed by atoms with van der Waals surface area (Å²) in [5, 5.41) is 0. The average molecular weight is 298 g/mol. The molecule has 0 aliphatic heterocycles. The maximum absolute atomic E-state index is 12.5. The van der Waals surface area contributed by atoms with E-state index in [-0.39, 0.29) is 11.6 Å². The molecule has 2 rings (SSSR count). The number of ether oxygens (including phenoxy) is 1. The number of nitrogen functional groups attached to an aromatic ring is 1. The third kappa shape index (κ3) is 3.82. The first-order chi connectivity index (χ1) is 9.92. The van der Waals surface area contributed by atoms with Gasteiger partial charge in [-0.15, -0.1) is 0 Å². The summed E-state index contributed by atoms with van der Waals surface area (Å²) in [7, 11) is 0. The van der Waals surface area contributed by atoms with Gasteiger partial charge in [-0.2, -0.15) is 18.2 Å². The Morgan fingerprint density at radius 1 is 1.19 bits per heavy atom. The lowest BCUT2D eigenvalue weighted by molar-refractivity contribution is -0.137. The van der Waals surface area contributed by atoms with Crippen LogP contribution >= 0.6 is 0 Å². The van der Waals surface area contributed by atoms with E-state index in [1.54, 1.807) is 0 Å². The second-order valence-electron chi connectivity index (χ2n) is 4.13. The van der Waals surface area contributed by atoms with Crippen molar-refractivity contribution in [2.75, 3.05) is 5.43 Å². The molecule has 0 saturated heterocycles. The van der Waals surface area contributed by atoms with Crippen LogP contribution in [0.1, 0.15) is 18.3 Å². The Labute approximate surface area is 118 Å². The molecule has 5 nitrogen and oxygen atoms in total.